The van der Waals surface area contributed by atoms with E-state index in [4.69, 9.17) is 9.47 Å². The van der Waals surface area contributed by atoms with Crippen molar-refractivity contribution in [1.82, 2.24) is 4.90 Å². The van der Waals surface area contributed by atoms with Crippen molar-refractivity contribution < 1.29 is 14.6 Å². The Balaban J connectivity index is 1.81. The van der Waals surface area contributed by atoms with E-state index in [2.05, 4.69) is 4.90 Å². The second-order valence-corrected chi connectivity index (χ2v) is 5.52. The minimum absolute atomic E-state index is 0.166. The summed E-state index contributed by atoms with van der Waals surface area (Å²) in [6.45, 7) is 9.28. The van der Waals surface area contributed by atoms with Crippen LogP contribution in [-0.4, -0.2) is 61.2 Å². The highest BCUT2D eigenvalue weighted by Crippen LogP contribution is 2.28. The molecule has 0 radical (unpaired) electrons. The van der Waals surface area contributed by atoms with Crippen molar-refractivity contribution in [3.8, 4) is 0 Å². The lowest BCUT2D eigenvalue weighted by molar-refractivity contribution is -0.136. The van der Waals surface area contributed by atoms with Crippen LogP contribution in [0, 0.1) is 5.92 Å². The first kappa shape index (κ1) is 12.3. The number of morpholine rings is 1. The smallest absolute Gasteiger partial charge is 0.0651 e. The molecule has 16 heavy (non-hydrogen) atoms. The van der Waals surface area contributed by atoms with Gasteiger partial charge >= 0.3 is 0 Å². The Bertz CT molecular complexity index is 226. The van der Waals surface area contributed by atoms with Gasteiger partial charge in [-0.15, -0.1) is 0 Å². The number of rotatable bonds is 2. The summed E-state index contributed by atoms with van der Waals surface area (Å²) >= 11 is 0. The number of hydrogen-bond donors (Lipinski definition) is 1. The first-order chi connectivity index (χ1) is 7.57. The second kappa shape index (κ2) is 5.00. The third kappa shape index (κ3) is 3.17. The van der Waals surface area contributed by atoms with E-state index in [1.807, 2.05) is 13.8 Å². The molecule has 2 aliphatic heterocycles. The molecule has 0 aromatic carbocycles. The lowest BCUT2D eigenvalue weighted by atomic mass is 9.88. The van der Waals surface area contributed by atoms with E-state index in [0.29, 0.717) is 6.61 Å². The molecule has 0 saturated carbocycles. The maximum Gasteiger partial charge on any atom is 0.0651 e. The van der Waals surface area contributed by atoms with Crippen LogP contribution in [-0.2, 0) is 9.47 Å². The van der Waals surface area contributed by atoms with Crippen LogP contribution in [0.1, 0.15) is 20.3 Å². The van der Waals surface area contributed by atoms with E-state index in [1.54, 1.807) is 0 Å². The van der Waals surface area contributed by atoms with Crippen LogP contribution < -0.4 is 0 Å². The fourth-order valence-corrected chi connectivity index (χ4v) is 2.46. The van der Waals surface area contributed by atoms with Crippen molar-refractivity contribution in [3.63, 3.8) is 0 Å². The first-order valence-corrected chi connectivity index (χ1v) is 6.19. The molecule has 0 aliphatic carbocycles. The predicted molar refractivity (Wildman–Crippen MR) is 61.4 cm³/mol. The van der Waals surface area contributed by atoms with Crippen LogP contribution in [0.15, 0.2) is 0 Å². The highest BCUT2D eigenvalue weighted by Gasteiger charge is 2.35. The van der Waals surface area contributed by atoms with Gasteiger partial charge in [-0.05, 0) is 13.8 Å². The fourth-order valence-electron chi connectivity index (χ4n) is 2.46. The van der Waals surface area contributed by atoms with Crippen LogP contribution in [0.5, 0.6) is 0 Å². The maximum absolute atomic E-state index is 10.1. The van der Waals surface area contributed by atoms with Crippen molar-refractivity contribution >= 4 is 0 Å². The first-order valence-electron chi connectivity index (χ1n) is 6.19. The Kier molecular flexibility index (Phi) is 3.85. The summed E-state index contributed by atoms with van der Waals surface area (Å²) in [6.07, 6.45) is 0.508. The second-order valence-electron chi connectivity index (χ2n) is 5.52. The molecular formula is C12H23NO3. The topological polar surface area (TPSA) is 41.9 Å². The normalized spacial score (nSPS) is 36.2. The Morgan fingerprint density at radius 1 is 1.31 bits per heavy atom. The van der Waals surface area contributed by atoms with Crippen molar-refractivity contribution in [1.29, 1.82) is 0 Å². The Hall–Kier alpha value is -0.160. The highest BCUT2D eigenvalue weighted by atomic mass is 16.5. The van der Waals surface area contributed by atoms with Gasteiger partial charge in [-0.3, -0.25) is 4.90 Å². The summed E-state index contributed by atoms with van der Waals surface area (Å²) in [6, 6.07) is 0. The highest BCUT2D eigenvalue weighted by molar-refractivity contribution is 4.85. The van der Waals surface area contributed by atoms with E-state index < -0.39 is 0 Å². The molecule has 0 bridgehead atoms. The van der Waals surface area contributed by atoms with Crippen molar-refractivity contribution in [2.24, 2.45) is 5.92 Å². The fraction of sp³-hybridized carbons (Fsp3) is 1.00. The van der Waals surface area contributed by atoms with Gasteiger partial charge in [0, 0.05) is 32.0 Å². The van der Waals surface area contributed by atoms with Crippen molar-refractivity contribution in [3.05, 3.63) is 0 Å². The zero-order valence-corrected chi connectivity index (χ0v) is 10.3. The van der Waals surface area contributed by atoms with E-state index in [1.165, 1.54) is 0 Å². The van der Waals surface area contributed by atoms with Crippen LogP contribution in [0.4, 0.5) is 0 Å². The quantitative estimate of drug-likeness (QED) is 0.748. The number of hydrogen-bond acceptors (Lipinski definition) is 4. The third-order valence-electron chi connectivity index (χ3n) is 3.53. The van der Waals surface area contributed by atoms with Crippen molar-refractivity contribution in [2.45, 2.75) is 32.0 Å². The van der Waals surface area contributed by atoms with Gasteiger partial charge in [-0.25, -0.2) is 0 Å². The number of aliphatic hydroxyl groups excluding tert-OH is 1. The molecule has 0 spiro atoms. The maximum atomic E-state index is 10.1. The molecule has 0 aromatic heterocycles. The van der Waals surface area contributed by atoms with Crippen LogP contribution in [0.3, 0.4) is 0 Å². The Morgan fingerprint density at radius 3 is 2.62 bits per heavy atom. The monoisotopic (exact) mass is 229 g/mol. The molecule has 1 N–H and O–H groups in total. The summed E-state index contributed by atoms with van der Waals surface area (Å²) < 4.78 is 11.1. The van der Waals surface area contributed by atoms with Gasteiger partial charge in [-0.1, -0.05) is 0 Å². The Labute approximate surface area is 97.5 Å². The lowest BCUT2D eigenvalue weighted by Crippen LogP contribution is -2.49. The van der Waals surface area contributed by atoms with Gasteiger partial charge < -0.3 is 14.6 Å². The zero-order chi connectivity index (χ0) is 11.6. The molecular weight excluding hydrogens is 206 g/mol. The van der Waals surface area contributed by atoms with Crippen LogP contribution in [0.2, 0.25) is 0 Å². The summed E-state index contributed by atoms with van der Waals surface area (Å²) in [5.41, 5.74) is -0.166. The molecule has 2 heterocycles. The summed E-state index contributed by atoms with van der Waals surface area (Å²) in [5.74, 6) is 0.256. The average molecular weight is 229 g/mol. The summed E-state index contributed by atoms with van der Waals surface area (Å²) in [5, 5.41) is 10.1. The number of nitrogens with zero attached hydrogens (tertiary/aromatic N) is 1. The van der Waals surface area contributed by atoms with Crippen LogP contribution in [0.25, 0.3) is 0 Å². The minimum atomic E-state index is -0.230. The lowest BCUT2D eigenvalue weighted by Gasteiger charge is -2.40. The molecule has 4 heteroatoms. The van der Waals surface area contributed by atoms with E-state index >= 15 is 0 Å². The van der Waals surface area contributed by atoms with Crippen LogP contribution >= 0.6 is 0 Å². The van der Waals surface area contributed by atoms with Gasteiger partial charge in [0.05, 0.1) is 31.5 Å². The standard InChI is InChI=1S/C12H23NO3/c1-12(2)7-11(14)10(9-16-12)8-13-3-5-15-6-4-13/h10-11,14H,3-9H2,1-2H3. The molecule has 2 rings (SSSR count). The van der Waals surface area contributed by atoms with E-state index in [0.717, 1.165) is 39.3 Å². The summed E-state index contributed by atoms with van der Waals surface area (Å²) in [7, 11) is 0. The summed E-state index contributed by atoms with van der Waals surface area (Å²) in [4.78, 5) is 2.36. The number of ether oxygens (including phenoxy) is 2. The average Bonchev–Trinajstić information content (AvgIpc) is 2.23. The number of aliphatic hydroxyl groups is 1. The molecule has 0 amide bonds. The molecule has 2 fully saturated rings. The minimum Gasteiger partial charge on any atom is -0.393 e. The van der Waals surface area contributed by atoms with E-state index in [-0.39, 0.29) is 17.6 Å². The molecule has 2 atom stereocenters. The zero-order valence-electron chi connectivity index (χ0n) is 10.3. The molecule has 2 aliphatic rings. The van der Waals surface area contributed by atoms with Gasteiger partial charge in [0.1, 0.15) is 0 Å². The van der Waals surface area contributed by atoms with Crippen molar-refractivity contribution in [2.75, 3.05) is 39.5 Å². The van der Waals surface area contributed by atoms with Gasteiger partial charge in [0.2, 0.25) is 0 Å². The predicted octanol–water partition coefficient (Wildman–Crippen LogP) is 0.495. The molecule has 4 nitrogen and oxygen atoms in total. The molecule has 0 aromatic rings. The molecule has 2 unspecified atom stereocenters. The van der Waals surface area contributed by atoms with Gasteiger partial charge in [0.15, 0.2) is 0 Å². The Morgan fingerprint density at radius 2 is 2.00 bits per heavy atom. The third-order valence-corrected chi connectivity index (χ3v) is 3.53. The van der Waals surface area contributed by atoms with E-state index in [9.17, 15) is 5.11 Å². The largest absolute Gasteiger partial charge is 0.393 e. The molecule has 94 valence electrons. The van der Waals surface area contributed by atoms with Gasteiger partial charge in [0.25, 0.3) is 0 Å². The molecule has 2 saturated heterocycles. The SMILES string of the molecule is CC1(C)CC(O)C(CN2CCOCC2)CO1. The van der Waals surface area contributed by atoms with Gasteiger partial charge in [-0.2, -0.15) is 0 Å².